The number of fused-ring (bicyclic) bond motifs is 1. The Hall–Kier alpha value is -1.63. The molecule has 1 aromatic carbocycles. The average Bonchev–Trinajstić information content (AvgIpc) is 3.25. The lowest BCUT2D eigenvalue weighted by Gasteiger charge is -2.26. The van der Waals surface area contributed by atoms with E-state index in [-0.39, 0.29) is 6.10 Å². The predicted molar refractivity (Wildman–Crippen MR) is 112 cm³/mol. The van der Waals surface area contributed by atoms with Crippen LogP contribution in [0.15, 0.2) is 35.0 Å². The number of anilines is 1. The lowest BCUT2D eigenvalue weighted by Crippen LogP contribution is -2.29. The molecule has 0 radical (unpaired) electrons. The molecule has 1 fully saturated rings. The largest absolute Gasteiger partial charge is 0.489 e. The summed E-state index contributed by atoms with van der Waals surface area (Å²) in [4.78, 5) is 2.54. The Kier molecular flexibility index (Phi) is 5.72. The van der Waals surface area contributed by atoms with E-state index in [0.29, 0.717) is 0 Å². The zero-order valence-corrected chi connectivity index (χ0v) is 16.7. The Morgan fingerprint density at radius 2 is 2.12 bits per heavy atom. The number of hydrogen-bond donors (Lipinski definition) is 1. The van der Waals surface area contributed by atoms with Gasteiger partial charge in [-0.2, -0.15) is 15.7 Å². The van der Waals surface area contributed by atoms with Crippen molar-refractivity contribution in [1.82, 2.24) is 9.27 Å². The van der Waals surface area contributed by atoms with Crippen molar-refractivity contribution in [2.24, 2.45) is 0 Å². The van der Waals surface area contributed by atoms with Crippen molar-refractivity contribution in [3.63, 3.8) is 0 Å². The minimum absolute atomic E-state index is 0.0793. The monoisotopic (exact) mass is 387 g/mol. The highest BCUT2D eigenvalue weighted by molar-refractivity contribution is 7.19. The summed E-state index contributed by atoms with van der Waals surface area (Å²) in [6.45, 7) is 6.30. The molecule has 1 saturated heterocycles. The lowest BCUT2D eigenvalue weighted by molar-refractivity contribution is 0.218. The Morgan fingerprint density at radius 1 is 1.23 bits per heavy atom. The zero-order chi connectivity index (χ0) is 17.8. The van der Waals surface area contributed by atoms with Gasteiger partial charge in [0, 0.05) is 22.7 Å². The molecule has 2 aromatic heterocycles. The quantitative estimate of drug-likeness (QED) is 0.603. The summed E-state index contributed by atoms with van der Waals surface area (Å²) >= 11 is 3.27. The van der Waals surface area contributed by atoms with Gasteiger partial charge in [-0.1, -0.05) is 18.6 Å². The number of nitrogens with zero attached hydrogens (tertiary/aromatic N) is 2. The van der Waals surface area contributed by atoms with Crippen molar-refractivity contribution in [3.05, 3.63) is 40.6 Å². The van der Waals surface area contributed by atoms with E-state index in [2.05, 4.69) is 56.5 Å². The number of ether oxygens (including phenoxy) is 1. The van der Waals surface area contributed by atoms with Gasteiger partial charge >= 0.3 is 0 Å². The number of likely N-dealkylation sites (tertiary alicyclic amines) is 1. The summed E-state index contributed by atoms with van der Waals surface area (Å²) in [6.07, 6.45) is 4.11. The van der Waals surface area contributed by atoms with Crippen molar-refractivity contribution in [2.75, 3.05) is 25.0 Å². The van der Waals surface area contributed by atoms with Gasteiger partial charge in [-0.15, -0.1) is 0 Å². The van der Waals surface area contributed by atoms with Crippen LogP contribution < -0.4 is 10.1 Å². The van der Waals surface area contributed by atoms with E-state index in [4.69, 9.17) is 4.74 Å². The fourth-order valence-corrected chi connectivity index (χ4v) is 5.12. The van der Waals surface area contributed by atoms with Gasteiger partial charge in [-0.05, 0) is 62.1 Å². The first-order valence-corrected chi connectivity index (χ1v) is 11.0. The third kappa shape index (κ3) is 4.37. The molecule has 3 heterocycles. The molecule has 0 saturated carbocycles. The molecule has 138 valence electrons. The molecule has 4 rings (SSSR count). The highest BCUT2D eigenvalue weighted by Gasteiger charge is 2.12. The molecule has 0 aliphatic carbocycles. The average molecular weight is 388 g/mol. The summed E-state index contributed by atoms with van der Waals surface area (Å²) in [6, 6.07) is 8.54. The molecule has 0 bridgehead atoms. The Balaban J connectivity index is 1.31. The molecule has 1 aliphatic rings. The molecular formula is C20H25N3OS2. The van der Waals surface area contributed by atoms with Gasteiger partial charge in [0.25, 0.3) is 0 Å². The Morgan fingerprint density at radius 3 is 3.00 bits per heavy atom. The molecule has 0 amide bonds. The smallest absolute Gasteiger partial charge is 0.148 e. The van der Waals surface area contributed by atoms with Crippen LogP contribution in [0, 0.1) is 0 Å². The second kappa shape index (κ2) is 8.37. The van der Waals surface area contributed by atoms with Gasteiger partial charge < -0.3 is 10.1 Å². The fraction of sp³-hybridized carbons (Fsp3) is 0.450. The molecule has 26 heavy (non-hydrogen) atoms. The third-order valence-corrected chi connectivity index (χ3v) is 6.47. The van der Waals surface area contributed by atoms with Gasteiger partial charge in [-0.25, -0.2) is 0 Å². The van der Waals surface area contributed by atoms with Crippen LogP contribution in [-0.2, 0) is 6.54 Å². The van der Waals surface area contributed by atoms with Crippen LogP contribution in [0.2, 0.25) is 0 Å². The van der Waals surface area contributed by atoms with Crippen LogP contribution in [0.1, 0.15) is 31.7 Å². The van der Waals surface area contributed by atoms with E-state index in [1.54, 1.807) is 22.9 Å². The first kappa shape index (κ1) is 17.8. The van der Waals surface area contributed by atoms with Crippen LogP contribution in [0.3, 0.4) is 0 Å². The van der Waals surface area contributed by atoms with E-state index in [9.17, 15) is 0 Å². The highest BCUT2D eigenvalue weighted by Crippen LogP contribution is 2.29. The number of thiophene rings is 1. The predicted octanol–water partition coefficient (Wildman–Crippen LogP) is 5.22. The maximum absolute atomic E-state index is 6.13. The summed E-state index contributed by atoms with van der Waals surface area (Å²) in [7, 11) is 0. The van der Waals surface area contributed by atoms with Crippen LogP contribution in [0.5, 0.6) is 5.75 Å². The van der Waals surface area contributed by atoms with E-state index in [0.717, 1.165) is 24.7 Å². The van der Waals surface area contributed by atoms with Crippen LogP contribution >= 0.6 is 22.9 Å². The first-order chi connectivity index (χ1) is 12.8. The summed E-state index contributed by atoms with van der Waals surface area (Å²) < 4.78 is 11.9. The molecule has 1 atom stereocenters. The SMILES string of the molecule is CC(CNc1nsc2cscc12)Oc1cccc(CN2CCCCC2)c1. The van der Waals surface area contributed by atoms with Gasteiger partial charge in [0.2, 0.25) is 0 Å². The van der Waals surface area contributed by atoms with Crippen molar-refractivity contribution in [2.45, 2.75) is 38.8 Å². The van der Waals surface area contributed by atoms with Gasteiger partial charge in [-0.3, -0.25) is 4.90 Å². The molecule has 0 spiro atoms. The van der Waals surface area contributed by atoms with Gasteiger partial charge in [0.15, 0.2) is 0 Å². The Bertz CT molecular complexity index is 838. The Labute approximate surface area is 163 Å². The maximum atomic E-state index is 6.13. The van der Waals surface area contributed by atoms with Crippen molar-refractivity contribution in [3.8, 4) is 5.75 Å². The normalized spacial score (nSPS) is 16.7. The highest BCUT2D eigenvalue weighted by atomic mass is 32.1. The molecular weight excluding hydrogens is 362 g/mol. The summed E-state index contributed by atoms with van der Waals surface area (Å²) in [5.74, 6) is 1.92. The first-order valence-electron chi connectivity index (χ1n) is 9.31. The summed E-state index contributed by atoms with van der Waals surface area (Å²) in [5, 5.41) is 8.94. The van der Waals surface area contributed by atoms with Crippen molar-refractivity contribution >= 4 is 38.8 Å². The van der Waals surface area contributed by atoms with Gasteiger partial charge in [0.1, 0.15) is 17.7 Å². The van der Waals surface area contributed by atoms with Crippen molar-refractivity contribution < 1.29 is 4.74 Å². The number of benzene rings is 1. The van der Waals surface area contributed by atoms with Crippen LogP contribution in [0.4, 0.5) is 5.82 Å². The van der Waals surface area contributed by atoms with E-state index >= 15 is 0 Å². The number of rotatable bonds is 7. The summed E-state index contributed by atoms with van der Waals surface area (Å²) in [5.41, 5.74) is 1.34. The number of aromatic nitrogens is 1. The lowest BCUT2D eigenvalue weighted by atomic mass is 10.1. The maximum Gasteiger partial charge on any atom is 0.148 e. The number of nitrogens with one attached hydrogen (secondary N) is 1. The topological polar surface area (TPSA) is 37.4 Å². The zero-order valence-electron chi connectivity index (χ0n) is 15.1. The van der Waals surface area contributed by atoms with E-state index in [1.165, 1.54) is 48.0 Å². The molecule has 1 N–H and O–H groups in total. The molecule has 1 unspecified atom stereocenters. The second-order valence-electron chi connectivity index (χ2n) is 6.97. The minimum atomic E-state index is 0.0793. The second-order valence-corrected chi connectivity index (χ2v) is 8.52. The molecule has 4 nitrogen and oxygen atoms in total. The fourth-order valence-electron chi connectivity index (χ4n) is 3.41. The third-order valence-electron chi connectivity index (χ3n) is 4.76. The van der Waals surface area contributed by atoms with Crippen LogP contribution in [-0.4, -0.2) is 35.0 Å². The molecule has 6 heteroatoms. The number of piperidine rings is 1. The minimum Gasteiger partial charge on any atom is -0.489 e. The standard InChI is InChI=1S/C20H25N3OS2/c1-15(11-21-20-18-13-25-14-19(18)26-22-20)24-17-7-5-6-16(10-17)12-23-8-3-2-4-9-23/h5-7,10,13-15H,2-4,8-9,11-12H2,1H3,(H,21,22). The van der Waals surface area contributed by atoms with E-state index < -0.39 is 0 Å². The number of hydrogen-bond acceptors (Lipinski definition) is 6. The van der Waals surface area contributed by atoms with Crippen LogP contribution in [0.25, 0.3) is 10.1 Å². The molecule has 1 aliphatic heterocycles. The van der Waals surface area contributed by atoms with Gasteiger partial charge in [0.05, 0.1) is 11.2 Å². The van der Waals surface area contributed by atoms with E-state index in [1.807, 2.05) is 0 Å². The molecule has 3 aromatic rings. The van der Waals surface area contributed by atoms with Crippen molar-refractivity contribution in [1.29, 1.82) is 0 Å².